The van der Waals surface area contributed by atoms with Crippen molar-refractivity contribution >= 4 is 22.5 Å². The van der Waals surface area contributed by atoms with Gasteiger partial charge in [-0.1, -0.05) is 30.3 Å². The van der Waals surface area contributed by atoms with Crippen LogP contribution in [0.15, 0.2) is 57.7 Å². The molecule has 0 aliphatic carbocycles. The van der Waals surface area contributed by atoms with Crippen LogP contribution in [0.1, 0.15) is 34.6 Å². The molecule has 0 spiro atoms. The molecule has 0 radical (unpaired) electrons. The van der Waals surface area contributed by atoms with Gasteiger partial charge >= 0.3 is 0 Å². The molecule has 2 aromatic carbocycles. The van der Waals surface area contributed by atoms with Crippen LogP contribution in [-0.2, 0) is 0 Å². The first-order chi connectivity index (χ1) is 11.0. The number of ketones is 2. The van der Waals surface area contributed by atoms with E-state index in [0.717, 1.165) is 5.56 Å². The maximum atomic E-state index is 12.5. The van der Waals surface area contributed by atoms with Crippen molar-refractivity contribution in [1.29, 1.82) is 0 Å². The molecule has 3 aromatic rings. The van der Waals surface area contributed by atoms with Gasteiger partial charge in [0.2, 0.25) is 0 Å². The molecule has 0 amide bonds. The van der Waals surface area contributed by atoms with E-state index < -0.39 is 0 Å². The van der Waals surface area contributed by atoms with Gasteiger partial charge in [-0.25, -0.2) is 0 Å². The minimum atomic E-state index is -0.301. The van der Waals surface area contributed by atoms with E-state index in [9.17, 15) is 14.4 Å². The van der Waals surface area contributed by atoms with Crippen LogP contribution in [0.2, 0.25) is 0 Å². The van der Waals surface area contributed by atoms with E-state index in [1.807, 2.05) is 30.3 Å². The largest absolute Gasteiger partial charge is 0.456 e. The van der Waals surface area contributed by atoms with E-state index in [0.29, 0.717) is 11.3 Å². The van der Waals surface area contributed by atoms with Crippen LogP contribution in [-0.4, -0.2) is 11.6 Å². The molecule has 1 aromatic heterocycles. The van der Waals surface area contributed by atoms with Gasteiger partial charge < -0.3 is 4.42 Å². The summed E-state index contributed by atoms with van der Waals surface area (Å²) in [6.45, 7) is 2.77. The summed E-state index contributed by atoms with van der Waals surface area (Å²) in [5, 5.41) is 0.210. The standard InChI is InChI=1S/C19H14O4/c1-11(20)14-8-15(12(2)21)19-16(22)10-17(23-18(19)9-14)13-6-4-3-5-7-13/h3-10H,1-2H3. The Hall–Kier alpha value is -3.01. The summed E-state index contributed by atoms with van der Waals surface area (Å²) < 4.78 is 5.81. The molecule has 4 nitrogen and oxygen atoms in total. The lowest BCUT2D eigenvalue weighted by Gasteiger charge is -2.07. The zero-order valence-corrected chi connectivity index (χ0v) is 12.8. The summed E-state index contributed by atoms with van der Waals surface area (Å²) in [5.41, 5.74) is 1.25. The molecule has 0 N–H and O–H groups in total. The first-order valence-corrected chi connectivity index (χ1v) is 7.16. The average Bonchev–Trinajstić information content (AvgIpc) is 2.54. The van der Waals surface area contributed by atoms with Crippen molar-refractivity contribution in [2.45, 2.75) is 13.8 Å². The Morgan fingerprint density at radius 1 is 0.913 bits per heavy atom. The number of carbonyl (C=O) groups is 2. The fourth-order valence-corrected chi connectivity index (χ4v) is 2.51. The monoisotopic (exact) mass is 306 g/mol. The molecule has 0 unspecified atom stereocenters. The molecule has 1 heterocycles. The lowest BCUT2D eigenvalue weighted by atomic mass is 10.00. The van der Waals surface area contributed by atoms with E-state index in [1.54, 1.807) is 0 Å². The van der Waals surface area contributed by atoms with Gasteiger partial charge in [-0.3, -0.25) is 14.4 Å². The number of fused-ring (bicyclic) bond motifs is 1. The maximum absolute atomic E-state index is 12.5. The first kappa shape index (κ1) is 14.9. The topological polar surface area (TPSA) is 64.3 Å². The van der Waals surface area contributed by atoms with Crippen molar-refractivity contribution in [3.63, 3.8) is 0 Å². The van der Waals surface area contributed by atoms with Gasteiger partial charge in [0.1, 0.15) is 11.3 Å². The zero-order chi connectivity index (χ0) is 16.6. The second-order valence-corrected chi connectivity index (χ2v) is 5.35. The van der Waals surface area contributed by atoms with Crippen LogP contribution in [0.3, 0.4) is 0 Å². The molecule has 3 rings (SSSR count). The molecule has 0 fully saturated rings. The maximum Gasteiger partial charge on any atom is 0.194 e. The number of carbonyl (C=O) groups excluding carboxylic acids is 2. The number of hydrogen-bond donors (Lipinski definition) is 0. The normalized spacial score (nSPS) is 10.7. The van der Waals surface area contributed by atoms with E-state index in [1.165, 1.54) is 32.0 Å². The Balaban J connectivity index is 2.38. The Labute approximate surface area is 132 Å². The van der Waals surface area contributed by atoms with Gasteiger partial charge in [0.25, 0.3) is 0 Å². The Kier molecular flexibility index (Phi) is 3.66. The third kappa shape index (κ3) is 2.71. The van der Waals surface area contributed by atoms with Crippen molar-refractivity contribution in [1.82, 2.24) is 0 Å². The van der Waals surface area contributed by atoms with E-state index >= 15 is 0 Å². The highest BCUT2D eigenvalue weighted by Crippen LogP contribution is 2.25. The molecule has 0 saturated carbocycles. The van der Waals surface area contributed by atoms with Gasteiger partial charge in [-0.15, -0.1) is 0 Å². The molecule has 0 bridgehead atoms. The minimum Gasteiger partial charge on any atom is -0.456 e. The van der Waals surface area contributed by atoms with Gasteiger partial charge in [-0.2, -0.15) is 0 Å². The van der Waals surface area contributed by atoms with Crippen molar-refractivity contribution in [2.24, 2.45) is 0 Å². The van der Waals surface area contributed by atoms with Crippen molar-refractivity contribution in [3.8, 4) is 11.3 Å². The second kappa shape index (κ2) is 5.65. The number of benzene rings is 2. The highest BCUT2D eigenvalue weighted by atomic mass is 16.3. The van der Waals surface area contributed by atoms with E-state index in [-0.39, 0.29) is 33.5 Å². The highest BCUT2D eigenvalue weighted by molar-refractivity contribution is 6.09. The van der Waals surface area contributed by atoms with Crippen LogP contribution >= 0.6 is 0 Å². The summed E-state index contributed by atoms with van der Waals surface area (Å²) in [7, 11) is 0. The number of rotatable bonds is 3. The predicted octanol–water partition coefficient (Wildman–Crippen LogP) is 3.87. The van der Waals surface area contributed by atoms with Crippen molar-refractivity contribution in [2.75, 3.05) is 0 Å². The van der Waals surface area contributed by atoms with Gasteiger partial charge in [-0.05, 0) is 26.0 Å². The van der Waals surface area contributed by atoms with Crippen LogP contribution in [0.4, 0.5) is 0 Å². The fourth-order valence-electron chi connectivity index (χ4n) is 2.51. The lowest BCUT2D eigenvalue weighted by molar-refractivity contribution is 0.101. The third-order valence-electron chi connectivity index (χ3n) is 3.67. The number of hydrogen-bond acceptors (Lipinski definition) is 4. The average molecular weight is 306 g/mol. The summed E-state index contributed by atoms with van der Waals surface area (Å²) in [6.07, 6.45) is 0. The Morgan fingerprint density at radius 3 is 2.22 bits per heavy atom. The third-order valence-corrected chi connectivity index (χ3v) is 3.67. The summed E-state index contributed by atoms with van der Waals surface area (Å²) >= 11 is 0. The van der Waals surface area contributed by atoms with E-state index in [4.69, 9.17) is 4.42 Å². The molecular weight excluding hydrogens is 292 g/mol. The lowest BCUT2D eigenvalue weighted by Crippen LogP contribution is -2.08. The fraction of sp³-hybridized carbons (Fsp3) is 0.105. The predicted molar refractivity (Wildman–Crippen MR) is 87.9 cm³/mol. The molecule has 4 heteroatoms. The van der Waals surface area contributed by atoms with Gasteiger partial charge in [0.05, 0.1) is 5.39 Å². The van der Waals surface area contributed by atoms with Crippen LogP contribution in [0, 0.1) is 0 Å². The van der Waals surface area contributed by atoms with Gasteiger partial charge in [0, 0.05) is 22.8 Å². The van der Waals surface area contributed by atoms with E-state index in [2.05, 4.69) is 0 Å². The highest BCUT2D eigenvalue weighted by Gasteiger charge is 2.16. The van der Waals surface area contributed by atoms with Crippen molar-refractivity contribution < 1.29 is 14.0 Å². The summed E-state index contributed by atoms with van der Waals surface area (Å²) in [4.78, 5) is 36.0. The molecule has 0 aliphatic heterocycles. The Morgan fingerprint density at radius 2 is 1.61 bits per heavy atom. The van der Waals surface area contributed by atoms with Crippen LogP contribution in [0.5, 0.6) is 0 Å². The summed E-state index contributed by atoms with van der Waals surface area (Å²) in [6, 6.07) is 13.5. The molecule has 114 valence electrons. The smallest absolute Gasteiger partial charge is 0.194 e. The minimum absolute atomic E-state index is 0.192. The second-order valence-electron chi connectivity index (χ2n) is 5.35. The molecule has 0 atom stereocenters. The molecule has 0 aliphatic rings. The first-order valence-electron chi connectivity index (χ1n) is 7.16. The zero-order valence-electron chi connectivity index (χ0n) is 12.8. The van der Waals surface area contributed by atoms with Crippen LogP contribution < -0.4 is 5.43 Å². The summed E-state index contributed by atoms with van der Waals surface area (Å²) in [5.74, 6) is -0.0710. The SMILES string of the molecule is CC(=O)c1cc(C(C)=O)c2c(=O)cc(-c3ccccc3)oc2c1. The molecular formula is C19H14O4. The number of Topliss-reactive ketones (excluding diaryl/α,β-unsaturated/α-hetero) is 2. The Bertz CT molecular complexity index is 981. The molecule has 0 saturated heterocycles. The quantitative estimate of drug-likeness (QED) is 0.689. The van der Waals surface area contributed by atoms with Gasteiger partial charge in [0.15, 0.2) is 17.0 Å². The van der Waals surface area contributed by atoms with Crippen LogP contribution in [0.25, 0.3) is 22.3 Å². The molecule has 23 heavy (non-hydrogen) atoms. The van der Waals surface area contributed by atoms with Crippen molar-refractivity contribution in [3.05, 3.63) is 69.9 Å².